The quantitative estimate of drug-likeness (QED) is 0.677. The van der Waals surface area contributed by atoms with Crippen LogP contribution in [0, 0.1) is 0 Å². The Labute approximate surface area is 160 Å². The van der Waals surface area contributed by atoms with Gasteiger partial charge in [-0.25, -0.2) is 0 Å². The van der Waals surface area contributed by atoms with E-state index < -0.39 is 11.8 Å². The molecule has 0 radical (unpaired) electrons. The van der Waals surface area contributed by atoms with Gasteiger partial charge in [-0.05, 0) is 48.5 Å². The predicted octanol–water partition coefficient (Wildman–Crippen LogP) is 3.78. The Hall–Kier alpha value is -4.00. The first-order valence-electron chi connectivity index (χ1n) is 8.52. The monoisotopic (exact) mass is 376 g/mol. The summed E-state index contributed by atoms with van der Waals surface area (Å²) in [6, 6.07) is 21.0. The number of carbonyl (C=O) groups is 2. The first-order chi connectivity index (χ1) is 13.7. The molecule has 0 atom stereocenters. The molecule has 0 saturated heterocycles. The number of amides is 2. The highest BCUT2D eigenvalue weighted by Crippen LogP contribution is 2.34. The summed E-state index contributed by atoms with van der Waals surface area (Å²) >= 11 is 0. The summed E-state index contributed by atoms with van der Waals surface area (Å²) in [6.45, 7) is 0.136. The molecule has 0 unspecified atom stereocenters. The van der Waals surface area contributed by atoms with Crippen LogP contribution in [0.3, 0.4) is 0 Å². The zero-order valence-electron chi connectivity index (χ0n) is 14.7. The molecule has 140 valence electrons. The molecule has 0 fully saturated rings. The van der Waals surface area contributed by atoms with E-state index in [-0.39, 0.29) is 6.79 Å². The summed E-state index contributed by atoms with van der Waals surface area (Å²) in [6.07, 6.45) is 0. The number of fused-ring (bicyclic) bond motifs is 1. The van der Waals surface area contributed by atoms with Crippen molar-refractivity contribution >= 4 is 23.2 Å². The molecule has 28 heavy (non-hydrogen) atoms. The van der Waals surface area contributed by atoms with E-state index in [1.54, 1.807) is 42.5 Å². The van der Waals surface area contributed by atoms with Gasteiger partial charge >= 0.3 is 11.8 Å². The lowest BCUT2D eigenvalue weighted by molar-refractivity contribution is -0.132. The SMILES string of the molecule is O=C(Nc1ccc(Oc2ccccc2)cc1)C(=O)Nc1ccc2c(c1)OCO2. The number of anilines is 2. The van der Waals surface area contributed by atoms with Gasteiger partial charge in [0.05, 0.1) is 0 Å². The van der Waals surface area contributed by atoms with Crippen molar-refractivity contribution in [3.63, 3.8) is 0 Å². The second-order valence-corrected chi connectivity index (χ2v) is 5.92. The highest BCUT2D eigenvalue weighted by Gasteiger charge is 2.17. The normalized spacial score (nSPS) is 11.6. The van der Waals surface area contributed by atoms with Crippen LogP contribution in [0.5, 0.6) is 23.0 Å². The maximum atomic E-state index is 12.1. The first kappa shape index (κ1) is 17.4. The van der Waals surface area contributed by atoms with Crippen molar-refractivity contribution < 1.29 is 23.8 Å². The van der Waals surface area contributed by atoms with Gasteiger partial charge in [0.15, 0.2) is 11.5 Å². The fourth-order valence-electron chi connectivity index (χ4n) is 2.58. The Kier molecular flexibility index (Phi) is 4.79. The second-order valence-electron chi connectivity index (χ2n) is 5.92. The van der Waals surface area contributed by atoms with Gasteiger partial charge in [0.2, 0.25) is 6.79 Å². The van der Waals surface area contributed by atoms with Gasteiger partial charge in [-0.2, -0.15) is 0 Å². The maximum Gasteiger partial charge on any atom is 0.314 e. The van der Waals surface area contributed by atoms with E-state index in [1.807, 2.05) is 30.3 Å². The highest BCUT2D eigenvalue weighted by molar-refractivity contribution is 6.43. The first-order valence-corrected chi connectivity index (χ1v) is 8.52. The van der Waals surface area contributed by atoms with Gasteiger partial charge < -0.3 is 24.8 Å². The number of para-hydroxylation sites is 1. The third-order valence-corrected chi connectivity index (χ3v) is 3.93. The summed E-state index contributed by atoms with van der Waals surface area (Å²) in [5, 5.41) is 5.07. The molecule has 3 aromatic carbocycles. The van der Waals surface area contributed by atoms with Crippen LogP contribution >= 0.6 is 0 Å². The molecular weight excluding hydrogens is 360 g/mol. The van der Waals surface area contributed by atoms with Crippen LogP contribution in [0.2, 0.25) is 0 Å². The Morgan fingerprint density at radius 3 is 2.07 bits per heavy atom. The van der Waals surface area contributed by atoms with Crippen molar-refractivity contribution in [2.24, 2.45) is 0 Å². The van der Waals surface area contributed by atoms with Crippen LogP contribution in [0.25, 0.3) is 0 Å². The third kappa shape index (κ3) is 4.04. The predicted molar refractivity (Wildman–Crippen MR) is 103 cm³/mol. The zero-order chi connectivity index (χ0) is 19.3. The van der Waals surface area contributed by atoms with Gasteiger partial charge in [-0.1, -0.05) is 18.2 Å². The Bertz CT molecular complexity index is 1000. The molecule has 0 spiro atoms. The molecular formula is C21H16N2O5. The number of ether oxygens (including phenoxy) is 3. The van der Waals surface area contributed by atoms with Crippen molar-refractivity contribution in [1.29, 1.82) is 0 Å². The molecule has 3 aromatic rings. The van der Waals surface area contributed by atoms with E-state index in [0.29, 0.717) is 34.4 Å². The molecule has 4 rings (SSSR count). The number of benzene rings is 3. The molecule has 1 aliphatic heterocycles. The van der Waals surface area contributed by atoms with E-state index in [1.165, 1.54) is 0 Å². The van der Waals surface area contributed by atoms with Crippen LogP contribution in [0.15, 0.2) is 72.8 Å². The van der Waals surface area contributed by atoms with Gasteiger partial charge in [0.25, 0.3) is 0 Å². The van der Waals surface area contributed by atoms with E-state index in [0.717, 1.165) is 0 Å². The summed E-state index contributed by atoms with van der Waals surface area (Å²) in [5.74, 6) is 0.877. The lowest BCUT2D eigenvalue weighted by atomic mass is 10.2. The van der Waals surface area contributed by atoms with Crippen molar-refractivity contribution in [2.75, 3.05) is 17.4 Å². The molecule has 0 bridgehead atoms. The summed E-state index contributed by atoms with van der Waals surface area (Å²) < 4.78 is 16.1. The van der Waals surface area contributed by atoms with E-state index in [4.69, 9.17) is 14.2 Å². The Morgan fingerprint density at radius 2 is 1.32 bits per heavy atom. The van der Waals surface area contributed by atoms with Crippen molar-refractivity contribution in [3.8, 4) is 23.0 Å². The molecule has 0 aliphatic carbocycles. The van der Waals surface area contributed by atoms with Crippen LogP contribution in [0.1, 0.15) is 0 Å². The fraction of sp³-hybridized carbons (Fsp3) is 0.0476. The number of nitrogens with one attached hydrogen (secondary N) is 2. The highest BCUT2D eigenvalue weighted by atomic mass is 16.7. The van der Waals surface area contributed by atoms with Crippen LogP contribution in [0.4, 0.5) is 11.4 Å². The van der Waals surface area contributed by atoms with Crippen molar-refractivity contribution in [2.45, 2.75) is 0 Å². The minimum atomic E-state index is -0.788. The van der Waals surface area contributed by atoms with Crippen LogP contribution < -0.4 is 24.8 Å². The number of hydrogen-bond acceptors (Lipinski definition) is 5. The molecule has 2 N–H and O–H groups in total. The van der Waals surface area contributed by atoms with Crippen LogP contribution in [-0.2, 0) is 9.59 Å². The van der Waals surface area contributed by atoms with Gasteiger partial charge in [-0.15, -0.1) is 0 Å². The van der Waals surface area contributed by atoms with Gasteiger partial charge in [-0.3, -0.25) is 9.59 Å². The topological polar surface area (TPSA) is 85.9 Å². The molecule has 1 heterocycles. The Balaban J connectivity index is 1.34. The number of rotatable bonds is 4. The van der Waals surface area contributed by atoms with E-state index in [2.05, 4.69) is 10.6 Å². The molecule has 7 heteroatoms. The lowest BCUT2D eigenvalue weighted by Crippen LogP contribution is -2.29. The lowest BCUT2D eigenvalue weighted by Gasteiger charge is -2.09. The standard InChI is InChI=1S/C21H16N2O5/c24-20(21(25)23-15-8-11-18-19(12-15)27-13-26-18)22-14-6-9-17(10-7-14)28-16-4-2-1-3-5-16/h1-12H,13H2,(H,22,24)(H,23,25). The summed E-state index contributed by atoms with van der Waals surface area (Å²) in [7, 11) is 0. The summed E-state index contributed by atoms with van der Waals surface area (Å²) in [5.41, 5.74) is 0.919. The van der Waals surface area contributed by atoms with Crippen molar-refractivity contribution in [1.82, 2.24) is 0 Å². The van der Waals surface area contributed by atoms with E-state index >= 15 is 0 Å². The fourth-order valence-corrected chi connectivity index (χ4v) is 2.58. The van der Waals surface area contributed by atoms with Gasteiger partial charge in [0.1, 0.15) is 11.5 Å². The Morgan fingerprint density at radius 1 is 0.714 bits per heavy atom. The second kappa shape index (κ2) is 7.71. The third-order valence-electron chi connectivity index (χ3n) is 3.93. The average Bonchev–Trinajstić information content (AvgIpc) is 3.18. The number of hydrogen-bond donors (Lipinski definition) is 2. The van der Waals surface area contributed by atoms with Gasteiger partial charge in [0, 0.05) is 17.4 Å². The molecule has 1 aliphatic rings. The smallest absolute Gasteiger partial charge is 0.314 e. The van der Waals surface area contributed by atoms with E-state index in [9.17, 15) is 9.59 Å². The maximum absolute atomic E-state index is 12.1. The molecule has 7 nitrogen and oxygen atoms in total. The number of carbonyl (C=O) groups excluding carboxylic acids is 2. The molecule has 2 amide bonds. The average molecular weight is 376 g/mol. The minimum absolute atomic E-state index is 0.136. The molecule has 0 aromatic heterocycles. The molecule has 0 saturated carbocycles. The van der Waals surface area contributed by atoms with Crippen LogP contribution in [-0.4, -0.2) is 18.6 Å². The largest absolute Gasteiger partial charge is 0.457 e. The minimum Gasteiger partial charge on any atom is -0.457 e. The zero-order valence-corrected chi connectivity index (χ0v) is 14.7. The van der Waals surface area contributed by atoms with Crippen molar-refractivity contribution in [3.05, 3.63) is 72.8 Å². The summed E-state index contributed by atoms with van der Waals surface area (Å²) in [4.78, 5) is 24.2.